The molecule has 0 saturated carbocycles. The van der Waals surface area contributed by atoms with Crippen molar-refractivity contribution in [3.05, 3.63) is 65.5 Å². The highest BCUT2D eigenvalue weighted by atomic mass is 16.5. The largest absolute Gasteiger partial charge is 0.493 e. The zero-order valence-corrected chi connectivity index (χ0v) is 16.2. The van der Waals surface area contributed by atoms with Crippen LogP contribution in [0.15, 0.2) is 48.5 Å². The Kier molecular flexibility index (Phi) is 5.74. The van der Waals surface area contributed by atoms with Gasteiger partial charge in [-0.1, -0.05) is 17.7 Å². The normalized spacial score (nSPS) is 10.3. The molecular weight excluding hydrogens is 356 g/mol. The average Bonchev–Trinajstić information content (AvgIpc) is 2.69. The highest BCUT2D eigenvalue weighted by molar-refractivity contribution is 6.03. The zero-order chi connectivity index (χ0) is 20.1. The van der Waals surface area contributed by atoms with Gasteiger partial charge in [-0.15, -0.1) is 0 Å². The minimum atomic E-state index is -0.301. The van der Waals surface area contributed by atoms with Gasteiger partial charge in [0.2, 0.25) is 5.95 Å². The van der Waals surface area contributed by atoms with E-state index in [-0.39, 0.29) is 11.6 Å². The standard InChI is InChI=1S/C21H22N4O3/c1-13-5-7-15(8-6-13)23-20(26)17-11-14(2)22-21(25-17)24-16-9-10-18(27-3)19(12-16)28-4/h5-12H,1-4H3,(H,23,26)(H,22,24,25). The Morgan fingerprint density at radius 3 is 2.21 bits per heavy atom. The van der Waals surface area contributed by atoms with Gasteiger partial charge in [-0.3, -0.25) is 4.79 Å². The van der Waals surface area contributed by atoms with Crippen LogP contribution in [0.5, 0.6) is 11.5 Å². The van der Waals surface area contributed by atoms with Crippen molar-refractivity contribution in [3.8, 4) is 11.5 Å². The third-order valence-corrected chi connectivity index (χ3v) is 4.04. The second-order valence-corrected chi connectivity index (χ2v) is 6.23. The van der Waals surface area contributed by atoms with Crippen LogP contribution in [0, 0.1) is 13.8 Å². The summed E-state index contributed by atoms with van der Waals surface area (Å²) in [6.07, 6.45) is 0. The Hall–Kier alpha value is -3.61. The van der Waals surface area contributed by atoms with Crippen LogP contribution in [0.2, 0.25) is 0 Å². The van der Waals surface area contributed by atoms with Crippen molar-refractivity contribution in [1.82, 2.24) is 9.97 Å². The SMILES string of the molecule is COc1ccc(Nc2nc(C)cc(C(=O)Nc3ccc(C)cc3)n2)cc1OC. The minimum Gasteiger partial charge on any atom is -0.493 e. The van der Waals surface area contributed by atoms with Gasteiger partial charge in [-0.2, -0.15) is 0 Å². The molecule has 2 aromatic carbocycles. The van der Waals surface area contributed by atoms with E-state index in [1.807, 2.05) is 44.2 Å². The van der Waals surface area contributed by atoms with E-state index in [1.165, 1.54) is 0 Å². The number of carbonyl (C=O) groups is 1. The Morgan fingerprint density at radius 1 is 0.857 bits per heavy atom. The summed E-state index contributed by atoms with van der Waals surface area (Å²) in [4.78, 5) is 21.3. The quantitative estimate of drug-likeness (QED) is 0.671. The first-order valence-electron chi connectivity index (χ1n) is 8.71. The van der Waals surface area contributed by atoms with E-state index in [9.17, 15) is 4.79 Å². The fraction of sp³-hybridized carbons (Fsp3) is 0.190. The number of aryl methyl sites for hydroxylation is 2. The van der Waals surface area contributed by atoms with E-state index < -0.39 is 0 Å². The molecule has 3 rings (SSSR count). The predicted octanol–water partition coefficient (Wildman–Crippen LogP) is 4.11. The van der Waals surface area contributed by atoms with Gasteiger partial charge >= 0.3 is 0 Å². The number of nitrogens with one attached hydrogen (secondary N) is 2. The molecule has 0 spiro atoms. The minimum absolute atomic E-state index is 0.274. The summed E-state index contributed by atoms with van der Waals surface area (Å²) in [5, 5.41) is 5.94. The first kappa shape index (κ1) is 19.2. The van der Waals surface area contributed by atoms with Crippen LogP contribution >= 0.6 is 0 Å². The van der Waals surface area contributed by atoms with E-state index in [2.05, 4.69) is 20.6 Å². The Bertz CT molecular complexity index is 987. The number of carbonyl (C=O) groups excluding carboxylic acids is 1. The van der Waals surface area contributed by atoms with Crippen molar-refractivity contribution in [2.75, 3.05) is 24.9 Å². The monoisotopic (exact) mass is 378 g/mol. The van der Waals surface area contributed by atoms with Crippen molar-refractivity contribution in [1.29, 1.82) is 0 Å². The predicted molar refractivity (Wildman–Crippen MR) is 109 cm³/mol. The van der Waals surface area contributed by atoms with Crippen molar-refractivity contribution in [2.24, 2.45) is 0 Å². The van der Waals surface area contributed by atoms with Gasteiger partial charge in [0.05, 0.1) is 14.2 Å². The van der Waals surface area contributed by atoms with Gasteiger partial charge in [-0.05, 0) is 44.2 Å². The molecule has 0 aliphatic carbocycles. The Balaban J connectivity index is 1.81. The molecule has 0 saturated heterocycles. The smallest absolute Gasteiger partial charge is 0.274 e. The number of rotatable bonds is 6. The maximum absolute atomic E-state index is 12.6. The molecule has 0 unspecified atom stereocenters. The van der Waals surface area contributed by atoms with Gasteiger partial charge < -0.3 is 20.1 Å². The Morgan fingerprint density at radius 2 is 1.54 bits per heavy atom. The molecule has 0 fully saturated rings. The fourth-order valence-electron chi connectivity index (χ4n) is 2.62. The molecule has 0 aliphatic rings. The second kappa shape index (κ2) is 8.39. The number of nitrogens with zero attached hydrogens (tertiary/aromatic N) is 2. The number of ether oxygens (including phenoxy) is 2. The molecule has 0 atom stereocenters. The third-order valence-electron chi connectivity index (χ3n) is 4.04. The molecule has 144 valence electrons. The van der Waals surface area contributed by atoms with Crippen LogP contribution < -0.4 is 20.1 Å². The summed E-state index contributed by atoms with van der Waals surface area (Å²) < 4.78 is 10.5. The van der Waals surface area contributed by atoms with Crippen LogP contribution in [0.1, 0.15) is 21.7 Å². The number of hydrogen-bond donors (Lipinski definition) is 2. The summed E-state index contributed by atoms with van der Waals surface area (Å²) in [7, 11) is 3.14. The van der Waals surface area contributed by atoms with Crippen molar-refractivity contribution < 1.29 is 14.3 Å². The third kappa shape index (κ3) is 4.56. The summed E-state index contributed by atoms with van der Waals surface area (Å²) in [6, 6.07) is 14.6. The van der Waals surface area contributed by atoms with Gasteiger partial charge in [0.1, 0.15) is 5.69 Å². The van der Waals surface area contributed by atoms with Crippen molar-refractivity contribution in [2.45, 2.75) is 13.8 Å². The number of aromatic nitrogens is 2. The van der Waals surface area contributed by atoms with Crippen LogP contribution in [-0.4, -0.2) is 30.1 Å². The molecule has 1 amide bonds. The maximum atomic E-state index is 12.6. The summed E-state index contributed by atoms with van der Waals surface area (Å²) in [5.74, 6) is 1.22. The number of hydrogen-bond acceptors (Lipinski definition) is 6. The van der Waals surface area contributed by atoms with Gasteiger partial charge in [0.15, 0.2) is 11.5 Å². The summed E-state index contributed by atoms with van der Waals surface area (Å²) in [5.41, 5.74) is 3.50. The maximum Gasteiger partial charge on any atom is 0.274 e. The molecule has 3 aromatic rings. The van der Waals surface area contributed by atoms with Crippen LogP contribution in [0.25, 0.3) is 0 Å². The summed E-state index contributed by atoms with van der Waals surface area (Å²) in [6.45, 7) is 3.80. The lowest BCUT2D eigenvalue weighted by Crippen LogP contribution is -2.15. The zero-order valence-electron chi connectivity index (χ0n) is 16.2. The van der Waals surface area contributed by atoms with Crippen molar-refractivity contribution >= 4 is 23.2 Å². The number of anilines is 3. The highest BCUT2D eigenvalue weighted by Crippen LogP contribution is 2.30. The topological polar surface area (TPSA) is 85.4 Å². The summed E-state index contributed by atoms with van der Waals surface area (Å²) >= 11 is 0. The van der Waals surface area contributed by atoms with E-state index in [4.69, 9.17) is 9.47 Å². The highest BCUT2D eigenvalue weighted by Gasteiger charge is 2.12. The molecule has 0 radical (unpaired) electrons. The number of benzene rings is 2. The second-order valence-electron chi connectivity index (χ2n) is 6.23. The van der Waals surface area contributed by atoms with Crippen LogP contribution in [0.4, 0.5) is 17.3 Å². The average molecular weight is 378 g/mol. The Labute approximate surface area is 163 Å². The molecule has 0 aliphatic heterocycles. The molecule has 28 heavy (non-hydrogen) atoms. The van der Waals surface area contributed by atoms with E-state index in [1.54, 1.807) is 32.4 Å². The van der Waals surface area contributed by atoms with Crippen LogP contribution in [-0.2, 0) is 0 Å². The van der Waals surface area contributed by atoms with Gasteiger partial charge in [-0.25, -0.2) is 9.97 Å². The fourth-order valence-corrected chi connectivity index (χ4v) is 2.62. The lowest BCUT2D eigenvalue weighted by atomic mass is 10.2. The van der Waals surface area contributed by atoms with Gasteiger partial charge in [0.25, 0.3) is 5.91 Å². The first-order valence-corrected chi connectivity index (χ1v) is 8.71. The molecular formula is C21H22N4O3. The molecule has 7 nitrogen and oxygen atoms in total. The number of methoxy groups -OCH3 is 2. The van der Waals surface area contributed by atoms with E-state index >= 15 is 0 Å². The lowest BCUT2D eigenvalue weighted by molar-refractivity contribution is 0.102. The van der Waals surface area contributed by atoms with E-state index in [0.29, 0.717) is 34.5 Å². The molecule has 1 aromatic heterocycles. The molecule has 0 bridgehead atoms. The molecule has 2 N–H and O–H groups in total. The van der Waals surface area contributed by atoms with Crippen LogP contribution in [0.3, 0.4) is 0 Å². The van der Waals surface area contributed by atoms with E-state index in [0.717, 1.165) is 5.56 Å². The first-order chi connectivity index (χ1) is 13.5. The van der Waals surface area contributed by atoms with Gasteiger partial charge in [0, 0.05) is 23.1 Å². The molecule has 7 heteroatoms. The number of amides is 1. The van der Waals surface area contributed by atoms with Crippen molar-refractivity contribution in [3.63, 3.8) is 0 Å². The molecule has 1 heterocycles. The lowest BCUT2D eigenvalue weighted by Gasteiger charge is -2.12.